The molecule has 1 aliphatic carbocycles. The molecule has 0 bridgehead atoms. The third-order valence-electron chi connectivity index (χ3n) is 5.52. The molecule has 3 aromatic rings. The highest BCUT2D eigenvalue weighted by molar-refractivity contribution is 7.71. The minimum absolute atomic E-state index is 0.0414. The minimum atomic E-state index is 0.0414. The monoisotopic (exact) mass is 412 g/mol. The maximum atomic E-state index is 12.7. The molecule has 146 valence electrons. The molecule has 28 heavy (non-hydrogen) atoms. The van der Waals surface area contributed by atoms with Gasteiger partial charge in [0.1, 0.15) is 0 Å². The Balaban J connectivity index is 1.45. The van der Waals surface area contributed by atoms with Crippen molar-refractivity contribution in [3.8, 4) is 10.7 Å². The molecule has 1 aliphatic rings. The Morgan fingerprint density at radius 3 is 2.96 bits per heavy atom. The molecule has 1 atom stereocenters. The van der Waals surface area contributed by atoms with Gasteiger partial charge in [-0.15, -0.1) is 11.3 Å². The van der Waals surface area contributed by atoms with Crippen molar-refractivity contribution in [2.24, 2.45) is 0 Å². The fraction of sp³-hybridized carbons (Fsp3) is 0.381. The van der Waals surface area contributed by atoms with E-state index < -0.39 is 0 Å². The van der Waals surface area contributed by atoms with Crippen molar-refractivity contribution < 1.29 is 4.79 Å². The highest BCUT2D eigenvalue weighted by atomic mass is 32.1. The van der Waals surface area contributed by atoms with Crippen LogP contribution in [-0.2, 0) is 16.8 Å². The van der Waals surface area contributed by atoms with Crippen molar-refractivity contribution in [1.29, 1.82) is 0 Å². The number of hydrogen-bond donors (Lipinski definition) is 2. The summed E-state index contributed by atoms with van der Waals surface area (Å²) in [5.41, 5.74) is 2.73. The number of nitrogens with one attached hydrogen (secondary N) is 2. The van der Waals surface area contributed by atoms with E-state index in [9.17, 15) is 4.79 Å². The van der Waals surface area contributed by atoms with Crippen molar-refractivity contribution in [2.45, 2.75) is 51.1 Å². The van der Waals surface area contributed by atoms with Crippen LogP contribution in [-0.4, -0.2) is 20.7 Å². The van der Waals surface area contributed by atoms with Crippen LogP contribution in [0.25, 0.3) is 10.7 Å². The molecule has 0 saturated heterocycles. The van der Waals surface area contributed by atoms with Crippen LogP contribution in [0.3, 0.4) is 0 Å². The molecule has 0 spiro atoms. The van der Waals surface area contributed by atoms with Gasteiger partial charge in [0.15, 0.2) is 10.6 Å². The first-order valence-corrected chi connectivity index (χ1v) is 10.8. The molecular formula is C21H24N4OS2. The molecule has 0 saturated carbocycles. The van der Waals surface area contributed by atoms with Crippen LogP contribution in [0, 0.1) is 4.77 Å². The quantitative estimate of drug-likeness (QED) is 0.581. The molecule has 1 aromatic carbocycles. The van der Waals surface area contributed by atoms with Crippen molar-refractivity contribution >= 4 is 29.5 Å². The number of nitrogens with zero attached hydrogens (tertiary/aromatic N) is 2. The van der Waals surface area contributed by atoms with Crippen molar-refractivity contribution in [1.82, 2.24) is 20.1 Å². The third-order valence-corrected chi connectivity index (χ3v) is 6.70. The van der Waals surface area contributed by atoms with E-state index in [0.29, 0.717) is 17.7 Å². The molecule has 4 rings (SSSR count). The first-order chi connectivity index (χ1) is 13.5. The summed E-state index contributed by atoms with van der Waals surface area (Å²) < 4.78 is 2.44. The van der Waals surface area contributed by atoms with Gasteiger partial charge in [0.2, 0.25) is 5.91 Å². The molecule has 0 aliphatic heterocycles. The lowest BCUT2D eigenvalue weighted by molar-refractivity contribution is -0.122. The van der Waals surface area contributed by atoms with Gasteiger partial charge in [0, 0.05) is 13.0 Å². The summed E-state index contributed by atoms with van der Waals surface area (Å²) in [5, 5.41) is 12.4. The van der Waals surface area contributed by atoms with Crippen LogP contribution in [0.5, 0.6) is 0 Å². The Morgan fingerprint density at radius 1 is 1.36 bits per heavy atom. The van der Waals surface area contributed by atoms with Gasteiger partial charge in [-0.2, -0.15) is 5.10 Å². The average molecular weight is 413 g/mol. The van der Waals surface area contributed by atoms with Gasteiger partial charge < -0.3 is 5.32 Å². The maximum Gasteiger partial charge on any atom is 0.222 e. The second-order valence-electron chi connectivity index (χ2n) is 7.86. The SMILES string of the molecule is CC1(C)CCC(NC(=O)CCn2c(-c3cccs3)n[nH]c2=S)c2ccccc21. The summed E-state index contributed by atoms with van der Waals surface area (Å²) in [4.78, 5) is 13.7. The van der Waals surface area contributed by atoms with Gasteiger partial charge >= 0.3 is 0 Å². The van der Waals surface area contributed by atoms with Crippen molar-refractivity contribution in [3.63, 3.8) is 0 Å². The largest absolute Gasteiger partial charge is 0.349 e. The first kappa shape index (κ1) is 19.1. The Morgan fingerprint density at radius 2 is 2.18 bits per heavy atom. The Bertz CT molecular complexity index is 1030. The number of rotatable bonds is 5. The predicted octanol–water partition coefficient (Wildman–Crippen LogP) is 4.99. The molecule has 0 radical (unpaired) electrons. The zero-order valence-corrected chi connectivity index (χ0v) is 17.7. The van der Waals surface area contributed by atoms with E-state index in [1.165, 1.54) is 11.1 Å². The second kappa shape index (κ2) is 7.64. The predicted molar refractivity (Wildman–Crippen MR) is 115 cm³/mol. The number of hydrogen-bond acceptors (Lipinski definition) is 4. The van der Waals surface area contributed by atoms with Gasteiger partial charge in [0.25, 0.3) is 0 Å². The number of amides is 1. The number of aromatic amines is 1. The number of carbonyl (C=O) groups excluding carboxylic acids is 1. The summed E-state index contributed by atoms with van der Waals surface area (Å²) in [6, 6.07) is 12.5. The van der Waals surface area contributed by atoms with Crippen LogP contribution in [0.4, 0.5) is 0 Å². The van der Waals surface area contributed by atoms with Crippen LogP contribution < -0.4 is 5.32 Å². The van der Waals surface area contributed by atoms with Gasteiger partial charge in [-0.3, -0.25) is 14.5 Å². The molecule has 2 N–H and O–H groups in total. The van der Waals surface area contributed by atoms with Crippen LogP contribution in [0.2, 0.25) is 0 Å². The van der Waals surface area contributed by atoms with E-state index in [4.69, 9.17) is 12.2 Å². The van der Waals surface area contributed by atoms with E-state index in [0.717, 1.165) is 23.5 Å². The zero-order valence-electron chi connectivity index (χ0n) is 16.1. The van der Waals surface area contributed by atoms with E-state index in [2.05, 4.69) is 53.6 Å². The van der Waals surface area contributed by atoms with Gasteiger partial charge in [-0.25, -0.2) is 0 Å². The van der Waals surface area contributed by atoms with Crippen molar-refractivity contribution in [2.75, 3.05) is 0 Å². The summed E-state index contributed by atoms with van der Waals surface area (Å²) in [7, 11) is 0. The van der Waals surface area contributed by atoms with Crippen LogP contribution in [0.1, 0.15) is 50.3 Å². The summed E-state index contributed by atoms with van der Waals surface area (Å²) in [6.45, 7) is 5.06. The summed E-state index contributed by atoms with van der Waals surface area (Å²) in [5.74, 6) is 0.831. The third kappa shape index (κ3) is 3.69. The van der Waals surface area contributed by atoms with Crippen LogP contribution in [0.15, 0.2) is 41.8 Å². The van der Waals surface area contributed by atoms with E-state index in [-0.39, 0.29) is 17.4 Å². The Hall–Kier alpha value is -2.25. The Kier molecular flexibility index (Phi) is 5.21. The highest BCUT2D eigenvalue weighted by Gasteiger charge is 2.32. The lowest BCUT2D eigenvalue weighted by Gasteiger charge is -2.37. The number of aromatic nitrogens is 3. The zero-order chi connectivity index (χ0) is 19.7. The van der Waals surface area contributed by atoms with Gasteiger partial charge in [-0.05, 0) is 53.0 Å². The number of carbonyl (C=O) groups is 1. The number of fused-ring (bicyclic) bond motifs is 1. The second-order valence-corrected chi connectivity index (χ2v) is 9.20. The normalized spacial score (nSPS) is 17.9. The highest BCUT2D eigenvalue weighted by Crippen LogP contribution is 2.41. The number of thiophene rings is 1. The van der Waals surface area contributed by atoms with Crippen LogP contribution >= 0.6 is 23.6 Å². The van der Waals surface area contributed by atoms with Gasteiger partial charge in [0.05, 0.1) is 10.9 Å². The lowest BCUT2D eigenvalue weighted by Crippen LogP contribution is -2.36. The Labute approximate surface area is 173 Å². The van der Waals surface area contributed by atoms with E-state index >= 15 is 0 Å². The minimum Gasteiger partial charge on any atom is -0.349 e. The topological polar surface area (TPSA) is 62.7 Å². The molecule has 7 heteroatoms. The smallest absolute Gasteiger partial charge is 0.222 e. The standard InChI is InChI=1S/C21H24N4OS2/c1-21(2)11-9-16(14-6-3-4-7-15(14)21)22-18(26)10-12-25-19(23-24-20(25)27)17-8-5-13-28-17/h3-8,13,16H,9-12H2,1-2H3,(H,22,26)(H,24,27). The molecule has 2 heterocycles. The lowest BCUT2D eigenvalue weighted by atomic mass is 9.71. The van der Waals surface area contributed by atoms with Gasteiger partial charge in [-0.1, -0.05) is 44.2 Å². The molecule has 5 nitrogen and oxygen atoms in total. The summed E-state index contributed by atoms with van der Waals surface area (Å²) >= 11 is 6.96. The van der Waals surface area contributed by atoms with E-state index in [1.807, 2.05) is 22.1 Å². The first-order valence-electron chi connectivity index (χ1n) is 9.53. The van der Waals surface area contributed by atoms with E-state index in [1.54, 1.807) is 11.3 Å². The molecule has 1 amide bonds. The fourth-order valence-electron chi connectivity index (χ4n) is 3.96. The number of benzene rings is 1. The molecule has 2 aromatic heterocycles. The fourth-order valence-corrected chi connectivity index (χ4v) is 4.91. The summed E-state index contributed by atoms with van der Waals surface area (Å²) in [6.07, 6.45) is 2.39. The maximum absolute atomic E-state index is 12.7. The molecular weight excluding hydrogens is 388 g/mol. The number of H-pyrrole nitrogens is 1. The average Bonchev–Trinajstić information content (AvgIpc) is 3.32. The molecule has 1 unspecified atom stereocenters. The molecule has 0 fully saturated rings. The van der Waals surface area contributed by atoms with Crippen molar-refractivity contribution in [3.05, 3.63) is 57.7 Å².